The first kappa shape index (κ1) is 49.5. The Morgan fingerprint density at radius 3 is 0.721 bits per heavy atom. The van der Waals surface area contributed by atoms with Crippen LogP contribution in [0.1, 0.15) is 41.4 Å². The fourth-order valence-electron chi connectivity index (χ4n) is 5.97. The van der Waals surface area contributed by atoms with Crippen LogP contribution in [-0.2, 0) is 40.5 Å². The van der Waals surface area contributed by atoms with E-state index in [2.05, 4.69) is 31.9 Å². The number of carbonyl (C=O) groups is 5. The molecule has 6 aromatic rings. The number of rotatable bonds is 14. The topological polar surface area (TPSA) is 375 Å². The molecule has 0 saturated carbocycles. The van der Waals surface area contributed by atoms with Gasteiger partial charge >= 0.3 is 6.03 Å². The van der Waals surface area contributed by atoms with Crippen molar-refractivity contribution >= 4 is 104 Å². The third kappa shape index (κ3) is 13.1. The van der Waals surface area contributed by atoms with Crippen molar-refractivity contribution in [2.24, 2.45) is 0 Å². The van der Waals surface area contributed by atoms with Crippen molar-refractivity contribution in [1.82, 2.24) is 0 Å². The second-order valence-electron chi connectivity index (χ2n) is 14.0. The zero-order valence-electron chi connectivity index (χ0n) is 33.9. The molecule has 0 aliphatic heterocycles. The highest BCUT2D eigenvalue weighted by molar-refractivity contribution is 7.86. The summed E-state index contributed by atoms with van der Waals surface area (Å²) in [5, 5.41) is 14.3. The normalized spacial score (nSPS) is 11.7. The Bertz CT molecular complexity index is 3090. The van der Waals surface area contributed by atoms with Crippen molar-refractivity contribution in [1.29, 1.82) is 0 Å². The summed E-state index contributed by atoms with van der Waals surface area (Å²) in [5.74, 6) is -3.93. The molecule has 27 heteroatoms. The van der Waals surface area contributed by atoms with Crippen LogP contribution in [-0.4, -0.2) is 81.5 Å². The molecule has 0 aliphatic carbocycles. The third-order valence-corrected chi connectivity index (χ3v) is 12.4. The highest BCUT2D eigenvalue weighted by atomic mass is 32.2. The molecule has 0 saturated heterocycles. The minimum Gasteiger partial charge on any atom is -0.322 e. The van der Waals surface area contributed by atoms with E-state index < -0.39 is 89.7 Å². The molecule has 0 bridgehead atoms. The van der Waals surface area contributed by atoms with Crippen LogP contribution in [0.5, 0.6) is 0 Å². The van der Waals surface area contributed by atoms with E-state index in [1.807, 2.05) is 0 Å². The summed E-state index contributed by atoms with van der Waals surface area (Å²) in [6, 6.07) is 23.0. The number of anilines is 6. The summed E-state index contributed by atoms with van der Waals surface area (Å²) >= 11 is 0. The molecule has 6 amide bonds. The van der Waals surface area contributed by atoms with Crippen molar-refractivity contribution in [2.45, 2.75) is 19.6 Å². The van der Waals surface area contributed by atoms with Crippen molar-refractivity contribution in [3.05, 3.63) is 156 Å². The molecule has 23 nitrogen and oxygen atoms in total. The van der Waals surface area contributed by atoms with E-state index in [1.165, 1.54) is 48.5 Å². The Morgan fingerprint density at radius 2 is 0.515 bits per heavy atom. The fourth-order valence-corrected chi connectivity index (χ4v) is 8.07. The van der Waals surface area contributed by atoms with Gasteiger partial charge in [0.2, 0.25) is 0 Å². The lowest BCUT2D eigenvalue weighted by molar-refractivity contribution is 0.101. The van der Waals surface area contributed by atoms with E-state index in [1.54, 1.807) is 0 Å². The molecular weight excluding hydrogens is 977 g/mol. The van der Waals surface area contributed by atoms with Crippen LogP contribution in [0.4, 0.5) is 38.9 Å². The number of carbonyl (C=O) groups excluding carboxylic acids is 5. The van der Waals surface area contributed by atoms with E-state index in [9.17, 15) is 75.9 Å². The SMILES string of the molecule is O=C(Nc1cc(C(=O)Nc2cccc(S(=O)(=O)O)c2)cc(C(=O)Nc2cccc(S(=O)(=O)O)c2)c1)Nc1cc(C(=O)Nc2cccc(S(=O)(=O)O)c2)cc(C(=O)Nc2cccc(S(=O)(=O)O)c2)c1. The highest BCUT2D eigenvalue weighted by Gasteiger charge is 2.21. The first-order chi connectivity index (χ1) is 31.7. The summed E-state index contributed by atoms with van der Waals surface area (Å²) in [7, 11) is -18.8. The summed E-state index contributed by atoms with van der Waals surface area (Å²) in [6.07, 6.45) is 0. The Kier molecular flexibility index (Phi) is 14.2. The van der Waals surface area contributed by atoms with Gasteiger partial charge in [0, 0.05) is 56.4 Å². The molecular formula is C41H32N6O17S4. The van der Waals surface area contributed by atoms with Gasteiger partial charge in [0.25, 0.3) is 64.1 Å². The predicted octanol–water partition coefficient (Wildman–Crippen LogP) is 5.33. The van der Waals surface area contributed by atoms with E-state index in [-0.39, 0.29) is 56.4 Å². The van der Waals surface area contributed by atoms with E-state index in [0.29, 0.717) is 0 Å². The Hall–Kier alpha value is -7.89. The molecule has 68 heavy (non-hydrogen) atoms. The monoisotopic (exact) mass is 1010 g/mol. The molecule has 352 valence electrons. The lowest BCUT2D eigenvalue weighted by atomic mass is 10.1. The molecule has 6 aromatic carbocycles. The van der Waals surface area contributed by atoms with E-state index in [0.717, 1.165) is 84.9 Å². The molecule has 6 rings (SSSR count). The summed E-state index contributed by atoms with van der Waals surface area (Å²) in [5.41, 5.74) is -2.44. The minimum atomic E-state index is -4.70. The van der Waals surface area contributed by atoms with Gasteiger partial charge in [0.15, 0.2) is 0 Å². The smallest absolute Gasteiger partial charge is 0.322 e. The Labute approximate surface area is 385 Å². The summed E-state index contributed by atoms with van der Waals surface area (Å²) in [6.45, 7) is 0. The highest BCUT2D eigenvalue weighted by Crippen LogP contribution is 2.25. The minimum absolute atomic E-state index is 0.129. The van der Waals surface area contributed by atoms with Crippen molar-refractivity contribution < 1.29 is 75.9 Å². The number of benzene rings is 6. The van der Waals surface area contributed by atoms with Gasteiger partial charge in [-0.15, -0.1) is 0 Å². The molecule has 0 atom stereocenters. The van der Waals surface area contributed by atoms with Crippen LogP contribution in [0.3, 0.4) is 0 Å². The summed E-state index contributed by atoms with van der Waals surface area (Å²) in [4.78, 5) is 65.6. The van der Waals surface area contributed by atoms with Gasteiger partial charge in [-0.1, -0.05) is 24.3 Å². The molecule has 0 radical (unpaired) electrons. The van der Waals surface area contributed by atoms with Gasteiger partial charge in [0.05, 0.1) is 19.6 Å². The molecule has 0 spiro atoms. The molecule has 0 heterocycles. The third-order valence-electron chi connectivity index (χ3n) is 8.99. The molecule has 0 unspecified atom stereocenters. The Morgan fingerprint density at radius 1 is 0.294 bits per heavy atom. The Balaban J connectivity index is 1.34. The van der Waals surface area contributed by atoms with Gasteiger partial charge in [-0.05, 0) is 109 Å². The number of hydrogen-bond acceptors (Lipinski definition) is 13. The van der Waals surface area contributed by atoms with Crippen LogP contribution < -0.4 is 31.9 Å². The number of hydrogen-bond donors (Lipinski definition) is 10. The van der Waals surface area contributed by atoms with Crippen molar-refractivity contribution in [3.63, 3.8) is 0 Å². The zero-order chi connectivity index (χ0) is 49.8. The van der Waals surface area contributed by atoms with E-state index in [4.69, 9.17) is 0 Å². The number of amides is 6. The first-order valence-electron chi connectivity index (χ1n) is 18.7. The maximum Gasteiger partial charge on any atom is 0.323 e. The summed E-state index contributed by atoms with van der Waals surface area (Å²) < 4.78 is 132. The number of urea groups is 1. The predicted molar refractivity (Wildman–Crippen MR) is 242 cm³/mol. The number of nitrogens with one attached hydrogen (secondary N) is 6. The van der Waals surface area contributed by atoms with Crippen LogP contribution >= 0.6 is 0 Å². The van der Waals surface area contributed by atoms with Crippen molar-refractivity contribution in [3.8, 4) is 0 Å². The average molecular weight is 1010 g/mol. The second kappa shape index (κ2) is 19.5. The largest absolute Gasteiger partial charge is 0.323 e. The van der Waals surface area contributed by atoms with Crippen molar-refractivity contribution in [2.75, 3.05) is 31.9 Å². The fraction of sp³-hybridized carbons (Fsp3) is 0. The van der Waals surface area contributed by atoms with Crippen LogP contribution in [0.15, 0.2) is 153 Å². The molecule has 0 aromatic heterocycles. The van der Waals surface area contributed by atoms with Crippen LogP contribution in [0.25, 0.3) is 0 Å². The van der Waals surface area contributed by atoms with Gasteiger partial charge in [-0.3, -0.25) is 37.4 Å². The molecule has 0 aliphatic rings. The average Bonchev–Trinajstić information content (AvgIpc) is 3.25. The maximum atomic E-state index is 13.6. The van der Waals surface area contributed by atoms with Crippen LogP contribution in [0, 0.1) is 0 Å². The van der Waals surface area contributed by atoms with E-state index >= 15 is 0 Å². The lowest BCUT2D eigenvalue weighted by Crippen LogP contribution is -2.22. The van der Waals surface area contributed by atoms with Gasteiger partial charge in [0.1, 0.15) is 0 Å². The molecule has 0 fully saturated rings. The van der Waals surface area contributed by atoms with Gasteiger partial charge in [-0.2, -0.15) is 33.7 Å². The standard InChI is InChI=1S/C41H32N6O17S4/c48-37(42-27-5-1-9-33(19-27)65(53,54)55)23-13-24(38(49)43-28-6-2-10-34(20-28)66(56,57)58)16-31(15-23)46-41(52)47-32-17-25(39(50)44-29-7-3-11-35(21-29)67(59,60)61)14-26(18-32)40(51)45-30-8-4-12-36(22-30)68(62,63)64/h1-22H,(H,42,48)(H,43,49)(H,44,50)(H,45,51)(H2,46,47,52)(H,53,54,55)(H,56,57,58)(H,59,60,61)(H,62,63,64). The zero-order valence-corrected chi connectivity index (χ0v) is 37.2. The maximum absolute atomic E-state index is 13.6. The van der Waals surface area contributed by atoms with Gasteiger partial charge < -0.3 is 31.9 Å². The first-order valence-corrected chi connectivity index (χ1v) is 24.4. The van der Waals surface area contributed by atoms with Crippen LogP contribution in [0.2, 0.25) is 0 Å². The molecule has 10 N–H and O–H groups in total. The van der Waals surface area contributed by atoms with Gasteiger partial charge in [-0.25, -0.2) is 4.79 Å². The lowest BCUT2D eigenvalue weighted by Gasteiger charge is -2.14. The quantitative estimate of drug-likeness (QED) is 0.0617. The second-order valence-corrected chi connectivity index (χ2v) is 19.7.